The summed E-state index contributed by atoms with van der Waals surface area (Å²) in [5.74, 6) is 0.617. The highest BCUT2D eigenvalue weighted by Crippen LogP contribution is 2.27. The van der Waals surface area contributed by atoms with Crippen LogP contribution in [0.2, 0.25) is 0 Å². The molecule has 0 amide bonds. The molecule has 0 radical (unpaired) electrons. The van der Waals surface area contributed by atoms with Crippen LogP contribution in [0.4, 0.5) is 0 Å². The van der Waals surface area contributed by atoms with Gasteiger partial charge < -0.3 is 5.21 Å². The molecule has 2 rings (SSSR count). The zero-order chi connectivity index (χ0) is 9.10. The molecule has 0 N–H and O–H groups in total. The highest BCUT2D eigenvalue weighted by atomic mass is 16.5. The van der Waals surface area contributed by atoms with Crippen LogP contribution >= 0.6 is 0 Å². The first kappa shape index (κ1) is 8.30. The molecule has 0 aliphatic heterocycles. The normalized spacial score (nSPS) is 21.7. The summed E-state index contributed by atoms with van der Waals surface area (Å²) in [6, 6.07) is 3.85. The summed E-state index contributed by atoms with van der Waals surface area (Å²) < 4.78 is 0.835. The second-order valence-corrected chi connectivity index (χ2v) is 3.47. The first-order chi connectivity index (χ1) is 6.36. The van der Waals surface area contributed by atoms with Crippen molar-refractivity contribution in [3.05, 3.63) is 47.4 Å². The van der Waals surface area contributed by atoms with Crippen LogP contribution in [-0.4, -0.2) is 0 Å². The minimum atomic E-state index is 0.617. The van der Waals surface area contributed by atoms with E-state index in [9.17, 15) is 5.21 Å². The topological polar surface area (TPSA) is 26.9 Å². The van der Waals surface area contributed by atoms with Crippen molar-refractivity contribution >= 4 is 0 Å². The molecule has 1 atom stereocenters. The van der Waals surface area contributed by atoms with Crippen molar-refractivity contribution in [3.63, 3.8) is 0 Å². The molecule has 0 bridgehead atoms. The molecule has 2 heteroatoms. The number of pyridine rings is 1. The Morgan fingerprint density at radius 1 is 1.23 bits per heavy atom. The summed E-state index contributed by atoms with van der Waals surface area (Å²) in [6.07, 6.45) is 11.1. The van der Waals surface area contributed by atoms with Gasteiger partial charge >= 0.3 is 0 Å². The largest absolute Gasteiger partial charge is 0.619 e. The van der Waals surface area contributed by atoms with Gasteiger partial charge in [0.1, 0.15) is 0 Å². The third-order valence-electron chi connectivity index (χ3n) is 2.57. The van der Waals surface area contributed by atoms with Gasteiger partial charge in [-0.25, -0.2) is 0 Å². The minimum Gasteiger partial charge on any atom is -0.619 e. The van der Waals surface area contributed by atoms with Gasteiger partial charge in [-0.05, 0) is 30.7 Å². The fourth-order valence-electron chi connectivity index (χ4n) is 1.79. The highest BCUT2D eigenvalue weighted by Gasteiger charge is 2.12. The lowest BCUT2D eigenvalue weighted by Gasteiger charge is -2.17. The Kier molecular flexibility index (Phi) is 2.30. The Labute approximate surface area is 78.1 Å². The van der Waals surface area contributed by atoms with Gasteiger partial charge in [0.05, 0.1) is 0 Å². The molecule has 0 saturated heterocycles. The number of hydrogen-bond donors (Lipinski definition) is 0. The number of allylic oxidation sites excluding steroid dienone is 2. The van der Waals surface area contributed by atoms with Gasteiger partial charge in [-0.1, -0.05) is 12.2 Å². The predicted molar refractivity (Wildman–Crippen MR) is 51.1 cm³/mol. The molecule has 1 aromatic rings. The molecular weight excluding hydrogens is 162 g/mol. The summed E-state index contributed by atoms with van der Waals surface area (Å²) in [7, 11) is 0. The molecule has 1 aromatic heterocycles. The van der Waals surface area contributed by atoms with Crippen molar-refractivity contribution in [2.45, 2.75) is 25.2 Å². The molecular formula is C11H13NO. The zero-order valence-electron chi connectivity index (χ0n) is 7.52. The molecule has 68 valence electrons. The lowest BCUT2D eigenvalue weighted by atomic mass is 9.88. The Bertz CT molecular complexity index is 302. The second kappa shape index (κ2) is 3.60. The molecule has 0 aromatic carbocycles. The SMILES string of the molecule is [O-][n+]1ccc(C2CC=CCC2)cc1. The number of aromatic nitrogens is 1. The minimum absolute atomic E-state index is 0.617. The van der Waals surface area contributed by atoms with E-state index in [0.717, 1.165) is 17.6 Å². The van der Waals surface area contributed by atoms with Gasteiger partial charge in [-0.2, -0.15) is 4.73 Å². The van der Waals surface area contributed by atoms with Crippen molar-refractivity contribution < 1.29 is 4.73 Å². The molecule has 1 unspecified atom stereocenters. The Balaban J connectivity index is 2.15. The quantitative estimate of drug-likeness (QED) is 0.365. The van der Waals surface area contributed by atoms with E-state index in [1.165, 1.54) is 12.0 Å². The van der Waals surface area contributed by atoms with Gasteiger partial charge in [0.2, 0.25) is 0 Å². The van der Waals surface area contributed by atoms with Crippen LogP contribution < -0.4 is 4.73 Å². The van der Waals surface area contributed by atoms with Crippen LogP contribution in [0.1, 0.15) is 30.7 Å². The van der Waals surface area contributed by atoms with Crippen LogP contribution in [-0.2, 0) is 0 Å². The van der Waals surface area contributed by atoms with E-state index < -0.39 is 0 Å². The van der Waals surface area contributed by atoms with Gasteiger partial charge in [0.25, 0.3) is 0 Å². The Morgan fingerprint density at radius 3 is 2.62 bits per heavy atom. The van der Waals surface area contributed by atoms with Crippen LogP contribution in [0.5, 0.6) is 0 Å². The van der Waals surface area contributed by atoms with E-state index in [1.807, 2.05) is 12.1 Å². The van der Waals surface area contributed by atoms with Crippen molar-refractivity contribution in [1.82, 2.24) is 0 Å². The third kappa shape index (κ3) is 1.89. The van der Waals surface area contributed by atoms with E-state index in [0.29, 0.717) is 5.92 Å². The fraction of sp³-hybridized carbons (Fsp3) is 0.364. The molecule has 0 saturated carbocycles. The molecule has 1 heterocycles. The molecule has 0 spiro atoms. The number of rotatable bonds is 1. The summed E-state index contributed by atoms with van der Waals surface area (Å²) in [5, 5.41) is 10.8. The number of hydrogen-bond acceptors (Lipinski definition) is 1. The zero-order valence-corrected chi connectivity index (χ0v) is 7.52. The standard InChI is InChI=1S/C11H13NO/c13-12-8-6-11(7-9-12)10-4-2-1-3-5-10/h1-2,6-10H,3-5H2. The number of nitrogens with zero attached hydrogens (tertiary/aromatic N) is 1. The van der Waals surface area contributed by atoms with E-state index in [-0.39, 0.29) is 0 Å². The maximum Gasteiger partial charge on any atom is 0.180 e. The predicted octanol–water partition coefficient (Wildman–Crippen LogP) is 2.14. The van der Waals surface area contributed by atoms with Crippen LogP contribution in [0.15, 0.2) is 36.7 Å². The highest BCUT2D eigenvalue weighted by molar-refractivity contribution is 5.17. The van der Waals surface area contributed by atoms with Gasteiger partial charge in [-0.15, -0.1) is 0 Å². The van der Waals surface area contributed by atoms with Gasteiger partial charge in [-0.3, -0.25) is 0 Å². The smallest absolute Gasteiger partial charge is 0.180 e. The third-order valence-corrected chi connectivity index (χ3v) is 2.57. The molecule has 0 fully saturated rings. The van der Waals surface area contributed by atoms with Crippen LogP contribution in [0.25, 0.3) is 0 Å². The van der Waals surface area contributed by atoms with Crippen molar-refractivity contribution in [1.29, 1.82) is 0 Å². The molecule has 1 aliphatic carbocycles. The summed E-state index contributed by atoms with van der Waals surface area (Å²) >= 11 is 0. The Morgan fingerprint density at radius 2 is 2.00 bits per heavy atom. The lowest BCUT2D eigenvalue weighted by Crippen LogP contribution is -2.24. The second-order valence-electron chi connectivity index (χ2n) is 3.47. The van der Waals surface area contributed by atoms with Crippen molar-refractivity contribution in [3.8, 4) is 0 Å². The summed E-state index contributed by atoms with van der Waals surface area (Å²) in [5.41, 5.74) is 1.29. The average Bonchev–Trinajstić information content (AvgIpc) is 2.20. The monoisotopic (exact) mass is 175 g/mol. The average molecular weight is 175 g/mol. The van der Waals surface area contributed by atoms with E-state index in [1.54, 1.807) is 12.4 Å². The molecule has 13 heavy (non-hydrogen) atoms. The maximum absolute atomic E-state index is 10.8. The maximum atomic E-state index is 10.8. The van der Waals surface area contributed by atoms with E-state index in [2.05, 4.69) is 12.2 Å². The van der Waals surface area contributed by atoms with Crippen LogP contribution in [0.3, 0.4) is 0 Å². The van der Waals surface area contributed by atoms with Crippen molar-refractivity contribution in [2.75, 3.05) is 0 Å². The first-order valence-electron chi connectivity index (χ1n) is 4.70. The Hall–Kier alpha value is -1.31. The van der Waals surface area contributed by atoms with Crippen molar-refractivity contribution in [2.24, 2.45) is 0 Å². The van der Waals surface area contributed by atoms with E-state index in [4.69, 9.17) is 0 Å². The van der Waals surface area contributed by atoms with Gasteiger partial charge in [0.15, 0.2) is 12.4 Å². The van der Waals surface area contributed by atoms with Crippen LogP contribution in [0, 0.1) is 5.21 Å². The molecule has 1 aliphatic rings. The summed E-state index contributed by atoms with van der Waals surface area (Å²) in [6.45, 7) is 0. The molecule has 2 nitrogen and oxygen atoms in total. The first-order valence-corrected chi connectivity index (χ1v) is 4.70. The van der Waals surface area contributed by atoms with Gasteiger partial charge in [0, 0.05) is 12.1 Å². The van der Waals surface area contributed by atoms with E-state index >= 15 is 0 Å². The fourth-order valence-corrected chi connectivity index (χ4v) is 1.79. The lowest BCUT2D eigenvalue weighted by molar-refractivity contribution is -0.605. The summed E-state index contributed by atoms with van der Waals surface area (Å²) in [4.78, 5) is 0.